The van der Waals surface area contributed by atoms with E-state index in [0.717, 1.165) is 36.5 Å². The molecule has 1 N–H and O–H groups in total. The van der Waals surface area contributed by atoms with Gasteiger partial charge >= 0.3 is 0 Å². The van der Waals surface area contributed by atoms with E-state index in [1.54, 1.807) is 0 Å². The Labute approximate surface area is 126 Å². The minimum atomic E-state index is 0.402. The highest BCUT2D eigenvalue weighted by Gasteiger charge is 2.46. The van der Waals surface area contributed by atoms with E-state index in [1.807, 2.05) is 11.8 Å². The lowest BCUT2D eigenvalue weighted by Crippen LogP contribution is -2.46. The first-order chi connectivity index (χ1) is 9.90. The van der Waals surface area contributed by atoms with Crippen LogP contribution >= 0.6 is 11.8 Å². The van der Waals surface area contributed by atoms with E-state index in [4.69, 9.17) is 4.74 Å². The summed E-state index contributed by atoms with van der Waals surface area (Å²) in [6.45, 7) is 4.26. The fourth-order valence-electron chi connectivity index (χ4n) is 3.28. The van der Waals surface area contributed by atoms with Crippen LogP contribution in [0.1, 0.15) is 31.2 Å². The maximum absolute atomic E-state index is 6.04. The number of nitrogens with one attached hydrogen (secondary N) is 1. The predicted octanol–water partition coefficient (Wildman–Crippen LogP) is 3.29. The van der Waals surface area contributed by atoms with E-state index in [1.165, 1.54) is 18.4 Å². The van der Waals surface area contributed by atoms with E-state index in [-0.39, 0.29) is 0 Å². The minimum Gasteiger partial charge on any atom is -0.375 e. The second-order valence-electron chi connectivity index (χ2n) is 5.88. The van der Waals surface area contributed by atoms with Crippen LogP contribution < -0.4 is 5.32 Å². The van der Waals surface area contributed by atoms with Crippen molar-refractivity contribution in [2.75, 3.05) is 24.7 Å². The SMILES string of the molecule is CCCNC(C1CSCCO1)C1CC1c1ccccc1. The summed E-state index contributed by atoms with van der Waals surface area (Å²) < 4.78 is 6.04. The first-order valence-corrected chi connectivity index (χ1v) is 9.03. The lowest BCUT2D eigenvalue weighted by Gasteiger charge is -2.31. The molecule has 4 atom stereocenters. The minimum absolute atomic E-state index is 0.402. The Morgan fingerprint density at radius 2 is 2.20 bits per heavy atom. The van der Waals surface area contributed by atoms with Gasteiger partial charge in [-0.05, 0) is 36.8 Å². The van der Waals surface area contributed by atoms with Crippen molar-refractivity contribution in [3.05, 3.63) is 35.9 Å². The second kappa shape index (κ2) is 6.97. The fraction of sp³-hybridized carbons (Fsp3) is 0.647. The van der Waals surface area contributed by atoms with Crippen LogP contribution in [-0.4, -0.2) is 36.8 Å². The molecule has 0 amide bonds. The van der Waals surface area contributed by atoms with E-state index in [2.05, 4.69) is 42.6 Å². The molecule has 2 nitrogen and oxygen atoms in total. The van der Waals surface area contributed by atoms with Crippen LogP contribution in [0.5, 0.6) is 0 Å². The van der Waals surface area contributed by atoms with Gasteiger partial charge in [-0.1, -0.05) is 37.3 Å². The van der Waals surface area contributed by atoms with E-state index < -0.39 is 0 Å². The number of ether oxygens (including phenoxy) is 1. The standard InChI is InChI=1S/C17H25NOS/c1-2-8-18-17(16-12-20-10-9-19-16)15-11-14(15)13-6-4-3-5-7-13/h3-7,14-18H,2,8-12H2,1H3. The Morgan fingerprint density at radius 3 is 2.90 bits per heavy atom. The van der Waals surface area contributed by atoms with Gasteiger partial charge in [-0.3, -0.25) is 0 Å². The topological polar surface area (TPSA) is 21.3 Å². The molecule has 0 radical (unpaired) electrons. The molecular formula is C17H25NOS. The maximum atomic E-state index is 6.04. The molecule has 1 aromatic carbocycles. The molecule has 3 heteroatoms. The Hall–Kier alpha value is -0.510. The molecule has 2 aliphatic rings. The Bertz CT molecular complexity index is 405. The van der Waals surface area contributed by atoms with Gasteiger partial charge in [0.1, 0.15) is 0 Å². The molecule has 20 heavy (non-hydrogen) atoms. The molecule has 0 bridgehead atoms. The third-order valence-electron chi connectivity index (χ3n) is 4.40. The maximum Gasteiger partial charge on any atom is 0.0821 e. The smallest absolute Gasteiger partial charge is 0.0821 e. The normalized spacial score (nSPS) is 30.9. The number of hydrogen-bond donors (Lipinski definition) is 1. The number of rotatable bonds is 6. The Balaban J connectivity index is 1.64. The lowest BCUT2D eigenvalue weighted by atomic mass is 10.0. The van der Waals surface area contributed by atoms with Gasteiger partial charge in [-0.25, -0.2) is 0 Å². The molecule has 1 heterocycles. The van der Waals surface area contributed by atoms with E-state index in [9.17, 15) is 0 Å². The fourth-order valence-corrected chi connectivity index (χ4v) is 4.19. The van der Waals surface area contributed by atoms with Crippen LogP contribution in [-0.2, 0) is 4.74 Å². The molecule has 2 fully saturated rings. The number of benzene rings is 1. The van der Waals surface area contributed by atoms with Crippen molar-refractivity contribution < 1.29 is 4.74 Å². The molecule has 1 aliphatic carbocycles. The third-order valence-corrected chi connectivity index (χ3v) is 5.42. The monoisotopic (exact) mass is 291 g/mol. The summed E-state index contributed by atoms with van der Waals surface area (Å²) in [7, 11) is 0. The van der Waals surface area contributed by atoms with Crippen molar-refractivity contribution in [2.24, 2.45) is 5.92 Å². The third kappa shape index (κ3) is 3.38. The Kier molecular flexibility index (Phi) is 5.03. The number of hydrogen-bond acceptors (Lipinski definition) is 3. The summed E-state index contributed by atoms with van der Waals surface area (Å²) in [4.78, 5) is 0. The van der Waals surface area contributed by atoms with Gasteiger partial charge < -0.3 is 10.1 Å². The van der Waals surface area contributed by atoms with E-state index >= 15 is 0 Å². The van der Waals surface area contributed by atoms with Crippen LogP contribution in [0.3, 0.4) is 0 Å². The van der Waals surface area contributed by atoms with Crippen molar-refractivity contribution in [3.8, 4) is 0 Å². The van der Waals surface area contributed by atoms with Crippen molar-refractivity contribution >= 4 is 11.8 Å². The van der Waals surface area contributed by atoms with Crippen molar-refractivity contribution in [3.63, 3.8) is 0 Å². The quantitative estimate of drug-likeness (QED) is 0.869. The summed E-state index contributed by atoms with van der Waals surface area (Å²) in [5, 5.41) is 3.76. The van der Waals surface area contributed by atoms with Gasteiger partial charge in [0, 0.05) is 17.5 Å². The zero-order chi connectivity index (χ0) is 13.8. The molecule has 4 unspecified atom stereocenters. The average molecular weight is 291 g/mol. The second-order valence-corrected chi connectivity index (χ2v) is 7.03. The summed E-state index contributed by atoms with van der Waals surface area (Å²) in [5.74, 6) is 3.80. The van der Waals surface area contributed by atoms with Crippen LogP contribution in [0.2, 0.25) is 0 Å². The van der Waals surface area contributed by atoms with Crippen LogP contribution in [0.4, 0.5) is 0 Å². The molecule has 0 spiro atoms. The molecule has 3 rings (SSSR count). The molecule has 1 aliphatic heterocycles. The van der Waals surface area contributed by atoms with Crippen LogP contribution in [0.15, 0.2) is 30.3 Å². The predicted molar refractivity (Wildman–Crippen MR) is 86.4 cm³/mol. The lowest BCUT2D eigenvalue weighted by molar-refractivity contribution is 0.0405. The van der Waals surface area contributed by atoms with Gasteiger partial charge in [-0.15, -0.1) is 0 Å². The zero-order valence-corrected chi connectivity index (χ0v) is 13.1. The largest absolute Gasteiger partial charge is 0.375 e. The van der Waals surface area contributed by atoms with Gasteiger partial charge in [0.05, 0.1) is 12.7 Å². The molecule has 1 saturated heterocycles. The van der Waals surface area contributed by atoms with Gasteiger partial charge in [0.15, 0.2) is 0 Å². The Morgan fingerprint density at radius 1 is 1.35 bits per heavy atom. The zero-order valence-electron chi connectivity index (χ0n) is 12.3. The van der Waals surface area contributed by atoms with Crippen molar-refractivity contribution in [1.82, 2.24) is 5.32 Å². The molecule has 110 valence electrons. The molecular weight excluding hydrogens is 266 g/mol. The van der Waals surface area contributed by atoms with Crippen LogP contribution in [0, 0.1) is 5.92 Å². The van der Waals surface area contributed by atoms with Crippen LogP contribution in [0.25, 0.3) is 0 Å². The van der Waals surface area contributed by atoms with Gasteiger partial charge in [0.2, 0.25) is 0 Å². The molecule has 0 aromatic heterocycles. The molecule has 1 saturated carbocycles. The number of thioether (sulfide) groups is 1. The first-order valence-electron chi connectivity index (χ1n) is 7.88. The van der Waals surface area contributed by atoms with E-state index in [0.29, 0.717) is 12.1 Å². The highest BCUT2D eigenvalue weighted by molar-refractivity contribution is 7.99. The summed E-state index contributed by atoms with van der Waals surface area (Å²) in [5.41, 5.74) is 1.50. The molecule has 1 aromatic rings. The summed E-state index contributed by atoms with van der Waals surface area (Å²) >= 11 is 2.04. The van der Waals surface area contributed by atoms with Gasteiger partial charge in [-0.2, -0.15) is 11.8 Å². The average Bonchev–Trinajstić information content (AvgIpc) is 3.30. The van der Waals surface area contributed by atoms with Crippen molar-refractivity contribution in [1.29, 1.82) is 0 Å². The first kappa shape index (κ1) is 14.4. The summed E-state index contributed by atoms with van der Waals surface area (Å²) in [6.07, 6.45) is 2.91. The highest BCUT2D eigenvalue weighted by atomic mass is 32.2. The van der Waals surface area contributed by atoms with Gasteiger partial charge in [0.25, 0.3) is 0 Å². The summed E-state index contributed by atoms with van der Waals surface area (Å²) in [6, 6.07) is 11.5. The highest BCUT2D eigenvalue weighted by Crippen LogP contribution is 2.50. The van der Waals surface area contributed by atoms with Crippen molar-refractivity contribution in [2.45, 2.75) is 37.8 Å².